The molecule has 2 aromatic rings. The van der Waals surface area contributed by atoms with Crippen molar-refractivity contribution in [2.45, 2.75) is 13.0 Å². The van der Waals surface area contributed by atoms with E-state index in [0.29, 0.717) is 5.11 Å². The Bertz CT molecular complexity index is 557. The molecule has 2 aromatic carbocycles. The van der Waals surface area contributed by atoms with Crippen molar-refractivity contribution in [3.63, 3.8) is 0 Å². The molecule has 0 fully saturated rings. The Morgan fingerprint density at radius 2 is 1.75 bits per heavy atom. The number of hydrogen-bond acceptors (Lipinski definition) is 2. The zero-order valence-corrected chi connectivity index (χ0v) is 12.0. The highest BCUT2D eigenvalue weighted by Gasteiger charge is 1.99. The zero-order valence-electron chi connectivity index (χ0n) is 11.2. The van der Waals surface area contributed by atoms with Gasteiger partial charge in [0.15, 0.2) is 5.11 Å². The molecule has 0 aliphatic carbocycles. The molecule has 0 aliphatic heterocycles. The predicted molar refractivity (Wildman–Crippen MR) is 86.7 cm³/mol. The van der Waals surface area contributed by atoms with Gasteiger partial charge in [0.2, 0.25) is 0 Å². The maximum Gasteiger partial charge on any atom is 0.170 e. The smallest absolute Gasteiger partial charge is 0.170 e. The maximum atomic E-state index is 9.09. The minimum absolute atomic E-state index is 0.0315. The minimum Gasteiger partial charge on any atom is -0.392 e. The van der Waals surface area contributed by atoms with Crippen LogP contribution in [0.15, 0.2) is 54.6 Å². The third-order valence-electron chi connectivity index (χ3n) is 2.91. The third kappa shape index (κ3) is 4.64. The Labute approximate surface area is 124 Å². The Morgan fingerprint density at radius 3 is 2.50 bits per heavy atom. The van der Waals surface area contributed by atoms with E-state index >= 15 is 0 Å². The van der Waals surface area contributed by atoms with Crippen molar-refractivity contribution in [1.82, 2.24) is 5.32 Å². The van der Waals surface area contributed by atoms with Crippen LogP contribution in [0.1, 0.15) is 11.1 Å². The molecule has 3 N–H and O–H groups in total. The fourth-order valence-electron chi connectivity index (χ4n) is 1.89. The minimum atomic E-state index is 0.0315. The van der Waals surface area contributed by atoms with Gasteiger partial charge < -0.3 is 15.7 Å². The molecule has 0 saturated heterocycles. The highest BCUT2D eigenvalue weighted by Crippen LogP contribution is 2.10. The Hall–Kier alpha value is -1.91. The average molecular weight is 286 g/mol. The van der Waals surface area contributed by atoms with Crippen molar-refractivity contribution in [1.29, 1.82) is 0 Å². The van der Waals surface area contributed by atoms with E-state index in [1.165, 1.54) is 5.56 Å². The first-order valence-corrected chi connectivity index (χ1v) is 6.97. The number of rotatable bonds is 5. The van der Waals surface area contributed by atoms with Crippen molar-refractivity contribution in [3.05, 3.63) is 65.7 Å². The summed E-state index contributed by atoms with van der Waals surface area (Å²) in [5.74, 6) is 0. The van der Waals surface area contributed by atoms with E-state index in [9.17, 15) is 0 Å². The van der Waals surface area contributed by atoms with Crippen LogP contribution in [0.25, 0.3) is 0 Å². The summed E-state index contributed by atoms with van der Waals surface area (Å²) in [5.41, 5.74) is 3.03. The van der Waals surface area contributed by atoms with Gasteiger partial charge in [0, 0.05) is 12.2 Å². The van der Waals surface area contributed by atoms with Gasteiger partial charge in [0.1, 0.15) is 0 Å². The highest BCUT2D eigenvalue weighted by molar-refractivity contribution is 7.80. The van der Waals surface area contributed by atoms with E-state index in [1.54, 1.807) is 0 Å². The van der Waals surface area contributed by atoms with E-state index in [1.807, 2.05) is 42.5 Å². The van der Waals surface area contributed by atoms with Crippen molar-refractivity contribution in [2.75, 3.05) is 11.9 Å². The van der Waals surface area contributed by atoms with Crippen LogP contribution < -0.4 is 10.6 Å². The van der Waals surface area contributed by atoms with E-state index < -0.39 is 0 Å². The third-order valence-corrected chi connectivity index (χ3v) is 3.16. The summed E-state index contributed by atoms with van der Waals surface area (Å²) in [6.07, 6.45) is 0.930. The topological polar surface area (TPSA) is 44.3 Å². The monoisotopic (exact) mass is 286 g/mol. The van der Waals surface area contributed by atoms with Crippen LogP contribution in [0.2, 0.25) is 0 Å². The molecule has 0 saturated carbocycles. The van der Waals surface area contributed by atoms with Crippen LogP contribution >= 0.6 is 12.2 Å². The van der Waals surface area contributed by atoms with Crippen LogP contribution in [-0.2, 0) is 13.0 Å². The molecule has 0 bridgehead atoms. The maximum absolute atomic E-state index is 9.09. The summed E-state index contributed by atoms with van der Waals surface area (Å²) < 4.78 is 0. The number of aliphatic hydroxyl groups excluding tert-OH is 1. The number of hydrogen-bond donors (Lipinski definition) is 3. The summed E-state index contributed by atoms with van der Waals surface area (Å²) in [6.45, 7) is 0.819. The summed E-state index contributed by atoms with van der Waals surface area (Å²) in [4.78, 5) is 0. The number of nitrogens with one attached hydrogen (secondary N) is 2. The lowest BCUT2D eigenvalue weighted by atomic mass is 10.1. The first-order valence-electron chi connectivity index (χ1n) is 6.56. The Balaban J connectivity index is 1.77. The van der Waals surface area contributed by atoms with Crippen molar-refractivity contribution >= 4 is 23.0 Å². The normalized spacial score (nSPS) is 10.1. The van der Waals surface area contributed by atoms with Crippen LogP contribution in [0.5, 0.6) is 0 Å². The molecule has 104 valence electrons. The lowest BCUT2D eigenvalue weighted by molar-refractivity contribution is 0.282. The molecule has 0 spiro atoms. The molecular weight excluding hydrogens is 268 g/mol. The largest absolute Gasteiger partial charge is 0.392 e. The number of anilines is 1. The molecule has 0 aromatic heterocycles. The second-order valence-corrected chi connectivity index (χ2v) is 4.88. The van der Waals surface area contributed by atoms with E-state index in [2.05, 4.69) is 22.8 Å². The van der Waals surface area contributed by atoms with Gasteiger partial charge >= 0.3 is 0 Å². The number of aliphatic hydroxyl groups is 1. The molecule has 2 rings (SSSR count). The van der Waals surface area contributed by atoms with Gasteiger partial charge in [0.25, 0.3) is 0 Å². The van der Waals surface area contributed by atoms with E-state index in [-0.39, 0.29) is 6.61 Å². The van der Waals surface area contributed by atoms with Gasteiger partial charge in [-0.1, -0.05) is 42.5 Å². The summed E-state index contributed by atoms with van der Waals surface area (Å²) in [5, 5.41) is 16.0. The quantitative estimate of drug-likeness (QED) is 0.740. The van der Waals surface area contributed by atoms with Crippen molar-refractivity contribution in [2.24, 2.45) is 0 Å². The van der Waals surface area contributed by atoms with Crippen LogP contribution in [0.4, 0.5) is 5.69 Å². The lowest BCUT2D eigenvalue weighted by Crippen LogP contribution is -2.30. The molecule has 0 radical (unpaired) electrons. The first-order chi connectivity index (χ1) is 9.78. The average Bonchev–Trinajstić information content (AvgIpc) is 2.48. The summed E-state index contributed by atoms with van der Waals surface area (Å²) in [6, 6.07) is 17.8. The van der Waals surface area contributed by atoms with E-state index in [0.717, 1.165) is 24.2 Å². The molecule has 0 atom stereocenters. The standard InChI is InChI=1S/C16H18N2OS/c19-12-14-7-4-8-15(11-14)18-16(20)17-10-9-13-5-2-1-3-6-13/h1-8,11,19H,9-10,12H2,(H2,17,18,20). The molecule has 3 nitrogen and oxygen atoms in total. The predicted octanol–water partition coefficient (Wildman–Crippen LogP) is 2.71. The Morgan fingerprint density at radius 1 is 1.00 bits per heavy atom. The van der Waals surface area contributed by atoms with Crippen LogP contribution in [-0.4, -0.2) is 16.8 Å². The van der Waals surface area contributed by atoms with Crippen LogP contribution in [0.3, 0.4) is 0 Å². The molecule has 0 amide bonds. The van der Waals surface area contributed by atoms with Crippen LogP contribution in [0, 0.1) is 0 Å². The molecule has 0 heterocycles. The highest BCUT2D eigenvalue weighted by atomic mass is 32.1. The van der Waals surface area contributed by atoms with Gasteiger partial charge in [-0.3, -0.25) is 0 Å². The molecule has 20 heavy (non-hydrogen) atoms. The molecule has 4 heteroatoms. The molecule has 0 aliphatic rings. The molecule has 0 unspecified atom stereocenters. The SMILES string of the molecule is OCc1cccc(NC(=S)NCCc2ccccc2)c1. The zero-order chi connectivity index (χ0) is 14.2. The van der Waals surface area contributed by atoms with Gasteiger partial charge in [-0.25, -0.2) is 0 Å². The van der Waals surface area contributed by atoms with Gasteiger partial charge in [-0.15, -0.1) is 0 Å². The number of thiocarbonyl (C=S) groups is 1. The molecular formula is C16H18N2OS. The fourth-order valence-corrected chi connectivity index (χ4v) is 2.11. The first kappa shape index (κ1) is 14.5. The second kappa shape index (κ2) is 7.62. The second-order valence-electron chi connectivity index (χ2n) is 4.47. The van der Waals surface area contributed by atoms with Crippen molar-refractivity contribution < 1.29 is 5.11 Å². The fraction of sp³-hybridized carbons (Fsp3) is 0.188. The number of benzene rings is 2. The summed E-state index contributed by atoms with van der Waals surface area (Å²) >= 11 is 5.25. The van der Waals surface area contributed by atoms with Crippen molar-refractivity contribution in [3.8, 4) is 0 Å². The van der Waals surface area contributed by atoms with E-state index in [4.69, 9.17) is 17.3 Å². The van der Waals surface area contributed by atoms with Gasteiger partial charge in [0.05, 0.1) is 6.61 Å². The van der Waals surface area contributed by atoms with Gasteiger partial charge in [-0.2, -0.15) is 0 Å². The lowest BCUT2D eigenvalue weighted by Gasteiger charge is -2.11. The van der Waals surface area contributed by atoms with Gasteiger partial charge in [-0.05, 0) is 41.9 Å². The summed E-state index contributed by atoms with van der Waals surface area (Å²) in [7, 11) is 0. The Kier molecular flexibility index (Phi) is 5.53.